The first-order chi connectivity index (χ1) is 10.2. The van der Waals surface area contributed by atoms with Gasteiger partial charge >= 0.3 is 0 Å². The summed E-state index contributed by atoms with van der Waals surface area (Å²) in [6.07, 6.45) is 3.24. The maximum atomic E-state index is 14.2. The monoisotopic (exact) mass is 284 g/mol. The predicted octanol–water partition coefficient (Wildman–Crippen LogP) is 3.76. The fourth-order valence-electron chi connectivity index (χ4n) is 3.46. The van der Waals surface area contributed by atoms with Gasteiger partial charge in [-0.3, -0.25) is 11.3 Å². The second-order valence-electron chi connectivity index (χ2n) is 5.87. The highest BCUT2D eigenvalue weighted by Crippen LogP contribution is 2.40. The van der Waals surface area contributed by atoms with Crippen LogP contribution in [0.3, 0.4) is 0 Å². The molecule has 110 valence electrons. The molecule has 0 aliphatic heterocycles. The van der Waals surface area contributed by atoms with E-state index in [-0.39, 0.29) is 17.8 Å². The lowest BCUT2D eigenvalue weighted by Crippen LogP contribution is -2.34. The molecule has 1 aliphatic rings. The van der Waals surface area contributed by atoms with Crippen LogP contribution >= 0.6 is 0 Å². The highest BCUT2D eigenvalue weighted by molar-refractivity contribution is 5.37. The van der Waals surface area contributed by atoms with Crippen molar-refractivity contribution in [1.29, 1.82) is 0 Å². The Morgan fingerprint density at radius 3 is 2.86 bits per heavy atom. The summed E-state index contributed by atoms with van der Waals surface area (Å²) in [4.78, 5) is 0. The minimum Gasteiger partial charge on any atom is -0.271 e. The van der Waals surface area contributed by atoms with E-state index in [0.717, 1.165) is 24.8 Å². The van der Waals surface area contributed by atoms with Crippen LogP contribution in [0.2, 0.25) is 0 Å². The van der Waals surface area contributed by atoms with Gasteiger partial charge < -0.3 is 0 Å². The van der Waals surface area contributed by atoms with Crippen molar-refractivity contribution in [2.75, 3.05) is 0 Å². The van der Waals surface area contributed by atoms with E-state index in [1.807, 2.05) is 13.0 Å². The SMILES string of the molecule is Cc1ccc(F)c(C(NN)C2CCCc3ccccc32)c1. The summed E-state index contributed by atoms with van der Waals surface area (Å²) in [7, 11) is 0. The maximum Gasteiger partial charge on any atom is 0.128 e. The van der Waals surface area contributed by atoms with Crippen molar-refractivity contribution in [3.63, 3.8) is 0 Å². The van der Waals surface area contributed by atoms with Gasteiger partial charge in [0.1, 0.15) is 5.82 Å². The number of nitrogens with two attached hydrogens (primary N) is 1. The van der Waals surface area contributed by atoms with Gasteiger partial charge in [-0.1, -0.05) is 42.0 Å². The molecule has 2 aromatic rings. The molecule has 0 saturated carbocycles. The molecule has 1 aliphatic carbocycles. The number of aryl methyl sites for hydroxylation is 2. The van der Waals surface area contributed by atoms with E-state index in [9.17, 15) is 4.39 Å². The Morgan fingerprint density at radius 1 is 1.24 bits per heavy atom. The minimum absolute atomic E-state index is 0.188. The van der Waals surface area contributed by atoms with Crippen molar-refractivity contribution in [3.05, 3.63) is 70.5 Å². The normalized spacial score (nSPS) is 19.1. The Morgan fingerprint density at radius 2 is 2.05 bits per heavy atom. The summed E-state index contributed by atoms with van der Waals surface area (Å²) >= 11 is 0. The second-order valence-corrected chi connectivity index (χ2v) is 5.87. The highest BCUT2D eigenvalue weighted by Gasteiger charge is 2.29. The van der Waals surface area contributed by atoms with Crippen molar-refractivity contribution >= 4 is 0 Å². The van der Waals surface area contributed by atoms with E-state index in [1.54, 1.807) is 6.07 Å². The lowest BCUT2D eigenvalue weighted by molar-refractivity contribution is 0.395. The summed E-state index contributed by atoms with van der Waals surface area (Å²) in [6, 6.07) is 13.5. The molecular formula is C18H21FN2. The standard InChI is InChI=1S/C18H21FN2/c1-12-9-10-17(19)16(11-12)18(21-20)15-8-4-6-13-5-2-3-7-14(13)15/h2-3,5,7,9-11,15,18,21H,4,6,8,20H2,1H3. The van der Waals surface area contributed by atoms with Crippen molar-refractivity contribution in [2.24, 2.45) is 5.84 Å². The summed E-state index contributed by atoms with van der Waals surface area (Å²) in [5, 5.41) is 0. The second kappa shape index (κ2) is 5.96. The highest BCUT2D eigenvalue weighted by atomic mass is 19.1. The summed E-state index contributed by atoms with van der Waals surface area (Å²) in [6.45, 7) is 1.98. The minimum atomic E-state index is -0.189. The van der Waals surface area contributed by atoms with E-state index in [2.05, 4.69) is 29.7 Å². The van der Waals surface area contributed by atoms with Crippen LogP contribution in [-0.4, -0.2) is 0 Å². The maximum absolute atomic E-state index is 14.2. The zero-order valence-electron chi connectivity index (χ0n) is 12.3. The van der Waals surface area contributed by atoms with Crippen LogP contribution < -0.4 is 11.3 Å². The molecule has 3 heteroatoms. The molecule has 2 atom stereocenters. The molecule has 2 nitrogen and oxygen atoms in total. The number of nitrogens with one attached hydrogen (secondary N) is 1. The van der Waals surface area contributed by atoms with Crippen molar-refractivity contribution in [1.82, 2.24) is 5.43 Å². The first-order valence-electron chi connectivity index (χ1n) is 7.50. The first kappa shape index (κ1) is 14.2. The topological polar surface area (TPSA) is 38.0 Å². The van der Waals surface area contributed by atoms with Gasteiger partial charge in [-0.05, 0) is 43.4 Å². The van der Waals surface area contributed by atoms with Gasteiger partial charge in [0.2, 0.25) is 0 Å². The van der Waals surface area contributed by atoms with Crippen LogP contribution in [0.1, 0.15) is 47.1 Å². The van der Waals surface area contributed by atoms with Crippen molar-refractivity contribution in [2.45, 2.75) is 38.1 Å². The fraction of sp³-hybridized carbons (Fsp3) is 0.333. The number of benzene rings is 2. The molecule has 0 heterocycles. The van der Waals surface area contributed by atoms with Gasteiger partial charge in [0, 0.05) is 11.5 Å². The molecule has 0 bridgehead atoms. The zero-order valence-corrected chi connectivity index (χ0v) is 12.3. The summed E-state index contributed by atoms with van der Waals surface area (Å²) in [5.74, 6) is 5.83. The first-order valence-corrected chi connectivity index (χ1v) is 7.50. The molecule has 0 aromatic heterocycles. The molecule has 2 unspecified atom stereocenters. The number of hydrogen-bond donors (Lipinski definition) is 2. The van der Waals surface area contributed by atoms with Crippen LogP contribution in [0.4, 0.5) is 4.39 Å². The van der Waals surface area contributed by atoms with Gasteiger partial charge in [0.25, 0.3) is 0 Å². The Balaban J connectivity index is 2.03. The molecule has 0 spiro atoms. The Kier molecular flexibility index (Phi) is 4.04. The largest absolute Gasteiger partial charge is 0.271 e. The molecule has 21 heavy (non-hydrogen) atoms. The lowest BCUT2D eigenvalue weighted by Gasteiger charge is -2.32. The van der Waals surface area contributed by atoms with Gasteiger partial charge in [-0.15, -0.1) is 0 Å². The van der Waals surface area contributed by atoms with Crippen LogP contribution in [0, 0.1) is 12.7 Å². The molecule has 0 radical (unpaired) electrons. The zero-order chi connectivity index (χ0) is 14.8. The molecule has 0 fully saturated rings. The van der Waals surface area contributed by atoms with E-state index in [4.69, 9.17) is 5.84 Å². The summed E-state index contributed by atoms with van der Waals surface area (Å²) in [5.41, 5.74) is 7.24. The van der Waals surface area contributed by atoms with Crippen molar-refractivity contribution in [3.8, 4) is 0 Å². The third-order valence-corrected chi connectivity index (χ3v) is 4.48. The van der Waals surface area contributed by atoms with E-state index in [1.165, 1.54) is 17.2 Å². The number of halogens is 1. The molecule has 3 N–H and O–H groups in total. The van der Waals surface area contributed by atoms with Crippen LogP contribution in [-0.2, 0) is 6.42 Å². The fourth-order valence-corrected chi connectivity index (χ4v) is 3.46. The molecule has 3 rings (SSSR count). The quantitative estimate of drug-likeness (QED) is 0.665. The number of hydrogen-bond acceptors (Lipinski definition) is 2. The molecule has 0 saturated heterocycles. The van der Waals surface area contributed by atoms with E-state index < -0.39 is 0 Å². The Hall–Kier alpha value is -1.71. The van der Waals surface area contributed by atoms with Crippen molar-refractivity contribution < 1.29 is 4.39 Å². The Bertz CT molecular complexity index is 639. The molecular weight excluding hydrogens is 263 g/mol. The van der Waals surface area contributed by atoms with Gasteiger partial charge in [0.05, 0.1) is 6.04 Å². The van der Waals surface area contributed by atoms with Crippen LogP contribution in [0.15, 0.2) is 42.5 Å². The van der Waals surface area contributed by atoms with E-state index in [0.29, 0.717) is 5.56 Å². The van der Waals surface area contributed by atoms with Gasteiger partial charge in [-0.2, -0.15) is 0 Å². The predicted molar refractivity (Wildman–Crippen MR) is 83.3 cm³/mol. The smallest absolute Gasteiger partial charge is 0.128 e. The summed E-state index contributed by atoms with van der Waals surface area (Å²) < 4.78 is 14.2. The molecule has 0 amide bonds. The number of rotatable bonds is 3. The average Bonchev–Trinajstić information content (AvgIpc) is 2.51. The Labute approximate surface area is 125 Å². The van der Waals surface area contributed by atoms with Crippen LogP contribution in [0.25, 0.3) is 0 Å². The lowest BCUT2D eigenvalue weighted by atomic mass is 9.76. The van der Waals surface area contributed by atoms with E-state index >= 15 is 0 Å². The average molecular weight is 284 g/mol. The molecule has 2 aromatic carbocycles. The van der Waals surface area contributed by atoms with Gasteiger partial charge in [-0.25, -0.2) is 4.39 Å². The third kappa shape index (κ3) is 2.71. The number of hydrazine groups is 1. The van der Waals surface area contributed by atoms with Crippen LogP contribution in [0.5, 0.6) is 0 Å². The third-order valence-electron chi connectivity index (χ3n) is 4.48. The van der Waals surface area contributed by atoms with Gasteiger partial charge in [0.15, 0.2) is 0 Å². The number of fused-ring (bicyclic) bond motifs is 1.